The van der Waals surface area contributed by atoms with E-state index in [1.54, 1.807) is 7.11 Å². The molecule has 0 aliphatic carbocycles. The number of nitrogens with one attached hydrogen (secondary N) is 1. The number of benzene rings is 1. The van der Waals surface area contributed by atoms with E-state index in [-0.39, 0.29) is 5.54 Å². The Hall–Kier alpha value is -1.26. The van der Waals surface area contributed by atoms with Crippen molar-refractivity contribution in [3.05, 3.63) is 23.8 Å². The average Bonchev–Trinajstić information content (AvgIpc) is 2.44. The largest absolute Gasteiger partial charge is 0.493 e. The first-order valence-corrected chi connectivity index (χ1v) is 7.58. The lowest BCUT2D eigenvalue weighted by Crippen LogP contribution is -2.35. The molecule has 0 spiro atoms. The maximum absolute atomic E-state index is 5.70. The van der Waals surface area contributed by atoms with Crippen molar-refractivity contribution < 1.29 is 14.2 Å². The number of rotatable bonds is 9. The zero-order valence-electron chi connectivity index (χ0n) is 14.0. The van der Waals surface area contributed by atoms with Gasteiger partial charge in [0.25, 0.3) is 0 Å². The lowest BCUT2D eigenvalue weighted by Gasteiger charge is -2.21. The van der Waals surface area contributed by atoms with Crippen LogP contribution < -0.4 is 14.8 Å². The Morgan fingerprint density at radius 3 is 2.43 bits per heavy atom. The van der Waals surface area contributed by atoms with E-state index >= 15 is 0 Å². The third-order valence-corrected chi connectivity index (χ3v) is 2.88. The van der Waals surface area contributed by atoms with Gasteiger partial charge in [-0.1, -0.05) is 13.0 Å². The molecule has 1 aromatic rings. The molecule has 0 fully saturated rings. The SMILES string of the molecule is CCCOCCOc1ccc(CNC(C)(C)C)cc1OC. The minimum Gasteiger partial charge on any atom is -0.493 e. The quantitative estimate of drug-likeness (QED) is 0.709. The summed E-state index contributed by atoms with van der Waals surface area (Å²) in [6.45, 7) is 11.3. The summed E-state index contributed by atoms with van der Waals surface area (Å²) in [6, 6.07) is 6.03. The van der Waals surface area contributed by atoms with E-state index in [1.807, 2.05) is 12.1 Å². The molecule has 0 aliphatic heterocycles. The average molecular weight is 295 g/mol. The predicted octanol–water partition coefficient (Wildman–Crippen LogP) is 3.39. The summed E-state index contributed by atoms with van der Waals surface area (Å²) in [5.41, 5.74) is 1.27. The monoisotopic (exact) mass is 295 g/mol. The van der Waals surface area contributed by atoms with Crippen molar-refractivity contribution in [2.75, 3.05) is 26.9 Å². The molecule has 0 aliphatic rings. The van der Waals surface area contributed by atoms with E-state index < -0.39 is 0 Å². The van der Waals surface area contributed by atoms with Gasteiger partial charge in [0.15, 0.2) is 11.5 Å². The van der Waals surface area contributed by atoms with Gasteiger partial charge in [0, 0.05) is 18.7 Å². The summed E-state index contributed by atoms with van der Waals surface area (Å²) in [7, 11) is 1.66. The Morgan fingerprint density at radius 2 is 1.81 bits per heavy atom. The highest BCUT2D eigenvalue weighted by atomic mass is 16.5. The second kappa shape index (κ2) is 8.90. The van der Waals surface area contributed by atoms with Crippen LogP contribution in [0.2, 0.25) is 0 Å². The standard InChI is InChI=1S/C17H29NO3/c1-6-9-20-10-11-21-15-8-7-14(12-16(15)19-5)13-18-17(2,3)4/h7-8,12,18H,6,9-11,13H2,1-5H3. The Kier molecular flexibility index (Phi) is 7.54. The Labute approximate surface area is 128 Å². The van der Waals surface area contributed by atoms with Crippen LogP contribution in [0.5, 0.6) is 11.5 Å². The first-order chi connectivity index (χ1) is 9.96. The Balaban J connectivity index is 2.53. The van der Waals surface area contributed by atoms with Gasteiger partial charge in [-0.2, -0.15) is 0 Å². The molecule has 1 N–H and O–H groups in total. The van der Waals surface area contributed by atoms with Gasteiger partial charge in [0.05, 0.1) is 13.7 Å². The van der Waals surface area contributed by atoms with E-state index in [1.165, 1.54) is 5.56 Å². The first-order valence-electron chi connectivity index (χ1n) is 7.58. The summed E-state index contributed by atoms with van der Waals surface area (Å²) >= 11 is 0. The van der Waals surface area contributed by atoms with Crippen molar-refractivity contribution in [2.24, 2.45) is 0 Å². The van der Waals surface area contributed by atoms with Gasteiger partial charge in [0.1, 0.15) is 6.61 Å². The van der Waals surface area contributed by atoms with Crippen molar-refractivity contribution in [1.29, 1.82) is 0 Å². The molecule has 0 radical (unpaired) electrons. The third-order valence-electron chi connectivity index (χ3n) is 2.88. The van der Waals surface area contributed by atoms with E-state index in [9.17, 15) is 0 Å². The molecule has 0 aromatic heterocycles. The number of hydrogen-bond acceptors (Lipinski definition) is 4. The molecular formula is C17H29NO3. The van der Waals surface area contributed by atoms with E-state index in [2.05, 4.69) is 39.1 Å². The van der Waals surface area contributed by atoms with Crippen LogP contribution in [0.4, 0.5) is 0 Å². The van der Waals surface area contributed by atoms with Gasteiger partial charge in [-0.25, -0.2) is 0 Å². The lowest BCUT2D eigenvalue weighted by atomic mass is 10.1. The van der Waals surface area contributed by atoms with Crippen LogP contribution in [0.3, 0.4) is 0 Å². The van der Waals surface area contributed by atoms with Crippen molar-refractivity contribution in [3.63, 3.8) is 0 Å². The fraction of sp³-hybridized carbons (Fsp3) is 0.647. The summed E-state index contributed by atoms with van der Waals surface area (Å²) < 4.78 is 16.5. The van der Waals surface area contributed by atoms with E-state index in [4.69, 9.17) is 14.2 Å². The normalized spacial score (nSPS) is 11.5. The molecular weight excluding hydrogens is 266 g/mol. The minimum atomic E-state index is 0.0963. The lowest BCUT2D eigenvalue weighted by molar-refractivity contribution is 0.0995. The molecule has 21 heavy (non-hydrogen) atoms. The Morgan fingerprint density at radius 1 is 1.05 bits per heavy atom. The molecule has 4 heteroatoms. The van der Waals surface area contributed by atoms with Crippen molar-refractivity contribution in [1.82, 2.24) is 5.32 Å². The maximum atomic E-state index is 5.70. The second-order valence-corrected chi connectivity index (χ2v) is 6.05. The number of methoxy groups -OCH3 is 1. The fourth-order valence-corrected chi connectivity index (χ4v) is 1.77. The number of ether oxygens (including phenoxy) is 3. The molecule has 0 heterocycles. The fourth-order valence-electron chi connectivity index (χ4n) is 1.77. The van der Waals surface area contributed by atoms with Crippen LogP contribution >= 0.6 is 0 Å². The zero-order valence-corrected chi connectivity index (χ0v) is 14.0. The van der Waals surface area contributed by atoms with Crippen LogP contribution in [0.1, 0.15) is 39.7 Å². The molecule has 0 saturated heterocycles. The van der Waals surface area contributed by atoms with Gasteiger partial charge < -0.3 is 19.5 Å². The predicted molar refractivity (Wildman–Crippen MR) is 86.2 cm³/mol. The Bertz CT molecular complexity index is 413. The summed E-state index contributed by atoms with van der Waals surface area (Å²) in [5, 5.41) is 3.46. The zero-order chi connectivity index (χ0) is 15.7. The second-order valence-electron chi connectivity index (χ2n) is 6.05. The highest BCUT2D eigenvalue weighted by molar-refractivity contribution is 5.43. The minimum absolute atomic E-state index is 0.0963. The molecule has 0 bridgehead atoms. The summed E-state index contributed by atoms with van der Waals surface area (Å²) in [5.74, 6) is 1.52. The van der Waals surface area contributed by atoms with E-state index in [0.29, 0.717) is 13.2 Å². The van der Waals surface area contributed by atoms with Gasteiger partial charge in [-0.05, 0) is 44.9 Å². The van der Waals surface area contributed by atoms with Crippen molar-refractivity contribution in [2.45, 2.75) is 46.2 Å². The maximum Gasteiger partial charge on any atom is 0.161 e. The van der Waals surface area contributed by atoms with Gasteiger partial charge in [-0.15, -0.1) is 0 Å². The van der Waals surface area contributed by atoms with Crippen LogP contribution in [0.15, 0.2) is 18.2 Å². The molecule has 1 rings (SSSR count). The molecule has 4 nitrogen and oxygen atoms in total. The van der Waals surface area contributed by atoms with Crippen LogP contribution in [0.25, 0.3) is 0 Å². The van der Waals surface area contributed by atoms with Crippen LogP contribution in [-0.4, -0.2) is 32.5 Å². The van der Waals surface area contributed by atoms with Gasteiger partial charge >= 0.3 is 0 Å². The van der Waals surface area contributed by atoms with Gasteiger partial charge in [0.2, 0.25) is 0 Å². The third kappa shape index (κ3) is 7.34. The summed E-state index contributed by atoms with van der Waals surface area (Å²) in [6.07, 6.45) is 1.03. The van der Waals surface area contributed by atoms with Crippen LogP contribution in [-0.2, 0) is 11.3 Å². The first kappa shape index (κ1) is 17.8. The molecule has 0 amide bonds. The van der Waals surface area contributed by atoms with Crippen molar-refractivity contribution >= 4 is 0 Å². The smallest absolute Gasteiger partial charge is 0.161 e. The molecule has 0 atom stereocenters. The molecule has 0 unspecified atom stereocenters. The van der Waals surface area contributed by atoms with Gasteiger partial charge in [-0.3, -0.25) is 0 Å². The van der Waals surface area contributed by atoms with Crippen LogP contribution in [0, 0.1) is 0 Å². The summed E-state index contributed by atoms with van der Waals surface area (Å²) in [4.78, 5) is 0. The molecule has 0 saturated carbocycles. The highest BCUT2D eigenvalue weighted by Crippen LogP contribution is 2.28. The van der Waals surface area contributed by atoms with Crippen molar-refractivity contribution in [3.8, 4) is 11.5 Å². The number of hydrogen-bond donors (Lipinski definition) is 1. The topological polar surface area (TPSA) is 39.7 Å². The highest BCUT2D eigenvalue weighted by Gasteiger charge is 2.10. The molecule has 1 aromatic carbocycles. The van der Waals surface area contributed by atoms with E-state index in [0.717, 1.165) is 31.1 Å². The molecule has 120 valence electrons.